The molecule has 1 aliphatic rings. The molecule has 0 saturated carbocycles. The summed E-state index contributed by atoms with van der Waals surface area (Å²) >= 11 is 0. The second-order valence-electron chi connectivity index (χ2n) is 8.60. The molecule has 7 nitrogen and oxygen atoms in total. The number of aryl methyl sites for hydroxylation is 1. The summed E-state index contributed by atoms with van der Waals surface area (Å²) in [6.07, 6.45) is 7.73. The van der Waals surface area contributed by atoms with Gasteiger partial charge in [-0.1, -0.05) is 30.3 Å². The standard InChI is InChI=1S/C26H31N5O2/c1-19-8-3-4-10-22(19)26-28-14-20(15-29-26)16-31-13-7-9-21(17-31)25(30-24(32)18-33-2)23-11-5-6-12-27-23/h3-6,8,10-12,14-15,21,25H,7,9,13,16-18H2,1-2H3,(H,30,32). The molecule has 33 heavy (non-hydrogen) atoms. The Hall–Kier alpha value is -3.16. The maximum absolute atomic E-state index is 12.3. The number of amides is 1. The van der Waals surface area contributed by atoms with Crippen LogP contribution >= 0.6 is 0 Å². The fourth-order valence-corrected chi connectivity index (χ4v) is 4.50. The Bertz CT molecular complexity index is 1040. The minimum absolute atomic E-state index is 0.0460. The van der Waals surface area contributed by atoms with Gasteiger partial charge >= 0.3 is 0 Å². The minimum atomic E-state index is -0.142. The van der Waals surface area contributed by atoms with Crippen LogP contribution in [-0.4, -0.2) is 52.6 Å². The van der Waals surface area contributed by atoms with Crippen molar-refractivity contribution in [2.75, 3.05) is 26.8 Å². The fraction of sp³-hybridized carbons (Fsp3) is 0.385. The number of benzene rings is 1. The Labute approximate surface area is 195 Å². The molecule has 3 aromatic rings. The number of rotatable bonds is 8. The third-order valence-corrected chi connectivity index (χ3v) is 6.11. The lowest BCUT2D eigenvalue weighted by molar-refractivity contribution is -0.126. The predicted molar refractivity (Wildman–Crippen MR) is 127 cm³/mol. The van der Waals surface area contributed by atoms with Crippen LogP contribution < -0.4 is 5.32 Å². The van der Waals surface area contributed by atoms with Gasteiger partial charge in [-0.15, -0.1) is 0 Å². The number of piperidine rings is 1. The van der Waals surface area contributed by atoms with E-state index in [1.807, 2.05) is 42.7 Å². The summed E-state index contributed by atoms with van der Waals surface area (Å²) in [4.78, 5) is 28.5. The van der Waals surface area contributed by atoms with Crippen LogP contribution in [0.4, 0.5) is 0 Å². The second-order valence-corrected chi connectivity index (χ2v) is 8.60. The van der Waals surface area contributed by atoms with Crippen LogP contribution in [0.3, 0.4) is 0 Å². The van der Waals surface area contributed by atoms with E-state index in [0.717, 1.165) is 55.1 Å². The molecular formula is C26H31N5O2. The molecule has 2 aromatic heterocycles. The van der Waals surface area contributed by atoms with Gasteiger partial charge in [0.1, 0.15) is 6.61 Å². The van der Waals surface area contributed by atoms with E-state index in [1.165, 1.54) is 12.7 Å². The largest absolute Gasteiger partial charge is 0.375 e. The summed E-state index contributed by atoms with van der Waals surface area (Å²) in [5.74, 6) is 0.900. The van der Waals surface area contributed by atoms with Gasteiger partial charge < -0.3 is 10.1 Å². The van der Waals surface area contributed by atoms with Crippen LogP contribution in [-0.2, 0) is 16.1 Å². The van der Waals surface area contributed by atoms with Crippen LogP contribution in [0.5, 0.6) is 0 Å². The van der Waals surface area contributed by atoms with E-state index in [-0.39, 0.29) is 24.5 Å². The van der Waals surface area contributed by atoms with Gasteiger partial charge in [0.05, 0.1) is 11.7 Å². The number of carbonyl (C=O) groups excluding carboxylic acids is 1. The number of ether oxygens (including phenoxy) is 1. The number of hydrogen-bond acceptors (Lipinski definition) is 6. The van der Waals surface area contributed by atoms with Gasteiger partial charge in [0.15, 0.2) is 5.82 Å². The molecule has 0 spiro atoms. The summed E-state index contributed by atoms with van der Waals surface area (Å²) in [7, 11) is 1.53. The number of methoxy groups -OCH3 is 1. The molecule has 2 atom stereocenters. The maximum atomic E-state index is 12.3. The minimum Gasteiger partial charge on any atom is -0.375 e. The van der Waals surface area contributed by atoms with E-state index in [0.29, 0.717) is 0 Å². The van der Waals surface area contributed by atoms with Crippen molar-refractivity contribution in [1.29, 1.82) is 0 Å². The molecule has 172 valence electrons. The molecule has 0 bridgehead atoms. The van der Waals surface area contributed by atoms with Gasteiger partial charge in [0, 0.05) is 49.9 Å². The molecule has 1 saturated heterocycles. The third kappa shape index (κ3) is 6.00. The van der Waals surface area contributed by atoms with E-state index in [2.05, 4.69) is 44.2 Å². The Kier molecular flexibility index (Phi) is 7.75. The summed E-state index contributed by atoms with van der Waals surface area (Å²) in [5, 5.41) is 3.14. The summed E-state index contributed by atoms with van der Waals surface area (Å²) in [5.41, 5.74) is 4.21. The highest BCUT2D eigenvalue weighted by atomic mass is 16.5. The van der Waals surface area contributed by atoms with Crippen molar-refractivity contribution in [2.24, 2.45) is 5.92 Å². The molecular weight excluding hydrogens is 414 g/mol. The quantitative estimate of drug-likeness (QED) is 0.571. The van der Waals surface area contributed by atoms with E-state index in [1.54, 1.807) is 6.20 Å². The number of hydrogen-bond donors (Lipinski definition) is 1. The molecule has 1 N–H and O–H groups in total. The molecule has 4 rings (SSSR count). The van der Waals surface area contributed by atoms with Crippen molar-refractivity contribution in [2.45, 2.75) is 32.4 Å². The number of aromatic nitrogens is 3. The predicted octanol–water partition coefficient (Wildman–Crippen LogP) is 3.56. The molecule has 2 unspecified atom stereocenters. The Morgan fingerprint density at radius 1 is 1.15 bits per heavy atom. The molecule has 1 amide bonds. The average Bonchev–Trinajstić information content (AvgIpc) is 2.84. The third-order valence-electron chi connectivity index (χ3n) is 6.11. The van der Waals surface area contributed by atoms with E-state index < -0.39 is 0 Å². The highest BCUT2D eigenvalue weighted by Gasteiger charge is 2.30. The van der Waals surface area contributed by atoms with Crippen molar-refractivity contribution in [1.82, 2.24) is 25.2 Å². The van der Waals surface area contributed by atoms with E-state index in [9.17, 15) is 4.79 Å². The molecule has 1 fully saturated rings. The molecule has 1 aliphatic heterocycles. The van der Waals surface area contributed by atoms with Crippen molar-refractivity contribution in [3.63, 3.8) is 0 Å². The van der Waals surface area contributed by atoms with Gasteiger partial charge in [-0.25, -0.2) is 9.97 Å². The highest BCUT2D eigenvalue weighted by molar-refractivity contribution is 5.77. The lowest BCUT2D eigenvalue weighted by Gasteiger charge is -2.37. The summed E-state index contributed by atoms with van der Waals surface area (Å²) in [6, 6.07) is 13.9. The smallest absolute Gasteiger partial charge is 0.246 e. The molecule has 0 aliphatic carbocycles. The molecule has 0 radical (unpaired) electrons. The van der Waals surface area contributed by atoms with Crippen molar-refractivity contribution in [3.05, 3.63) is 77.9 Å². The summed E-state index contributed by atoms with van der Waals surface area (Å²) < 4.78 is 5.02. The zero-order valence-corrected chi connectivity index (χ0v) is 19.3. The SMILES string of the molecule is COCC(=O)NC(c1ccccn1)C1CCCN(Cc2cnc(-c3ccccc3C)nc2)C1. The number of carbonyl (C=O) groups is 1. The molecule has 1 aromatic carbocycles. The number of pyridine rings is 1. The lowest BCUT2D eigenvalue weighted by Crippen LogP contribution is -2.43. The summed E-state index contributed by atoms with van der Waals surface area (Å²) in [6.45, 7) is 4.78. The lowest BCUT2D eigenvalue weighted by atomic mass is 9.88. The first kappa shape index (κ1) is 23.0. The Morgan fingerprint density at radius 3 is 2.67 bits per heavy atom. The zero-order chi connectivity index (χ0) is 23.0. The van der Waals surface area contributed by atoms with E-state index in [4.69, 9.17) is 4.74 Å². The first-order chi connectivity index (χ1) is 16.1. The van der Waals surface area contributed by atoms with Gasteiger partial charge in [-0.3, -0.25) is 14.7 Å². The number of nitrogens with zero attached hydrogens (tertiary/aromatic N) is 4. The average molecular weight is 446 g/mol. The van der Waals surface area contributed by atoms with Crippen LogP contribution in [0.2, 0.25) is 0 Å². The zero-order valence-electron chi connectivity index (χ0n) is 19.3. The van der Waals surface area contributed by atoms with Gasteiger partial charge in [0.2, 0.25) is 5.91 Å². The molecule has 7 heteroatoms. The van der Waals surface area contributed by atoms with Crippen LogP contribution in [0.25, 0.3) is 11.4 Å². The first-order valence-electron chi connectivity index (χ1n) is 11.4. The monoisotopic (exact) mass is 445 g/mol. The maximum Gasteiger partial charge on any atom is 0.246 e. The number of nitrogens with one attached hydrogen (secondary N) is 1. The Morgan fingerprint density at radius 2 is 1.94 bits per heavy atom. The first-order valence-corrected chi connectivity index (χ1v) is 11.4. The van der Waals surface area contributed by atoms with Crippen LogP contribution in [0.1, 0.15) is 35.7 Å². The van der Waals surface area contributed by atoms with Crippen LogP contribution in [0, 0.1) is 12.8 Å². The molecule has 3 heterocycles. The van der Waals surface area contributed by atoms with Gasteiger partial charge in [0.25, 0.3) is 0 Å². The van der Waals surface area contributed by atoms with Crippen molar-refractivity contribution in [3.8, 4) is 11.4 Å². The van der Waals surface area contributed by atoms with Crippen molar-refractivity contribution < 1.29 is 9.53 Å². The number of likely N-dealkylation sites (tertiary alicyclic amines) is 1. The van der Waals surface area contributed by atoms with Gasteiger partial charge in [-0.2, -0.15) is 0 Å². The van der Waals surface area contributed by atoms with Crippen molar-refractivity contribution >= 4 is 5.91 Å². The van der Waals surface area contributed by atoms with E-state index >= 15 is 0 Å². The normalized spacial score (nSPS) is 17.5. The fourth-order valence-electron chi connectivity index (χ4n) is 4.50. The van der Waals surface area contributed by atoms with Crippen LogP contribution in [0.15, 0.2) is 61.1 Å². The Balaban J connectivity index is 1.44. The second kappa shape index (κ2) is 11.1. The van der Waals surface area contributed by atoms with Gasteiger partial charge in [-0.05, 0) is 49.9 Å². The highest BCUT2D eigenvalue weighted by Crippen LogP contribution is 2.30. The topological polar surface area (TPSA) is 80.2 Å².